The van der Waals surface area contributed by atoms with Gasteiger partial charge in [-0.1, -0.05) is 0 Å². The normalized spacial score (nSPS) is 21.4. The molecule has 146 valence electrons. The molecule has 1 aromatic rings. The summed E-state index contributed by atoms with van der Waals surface area (Å²) < 4.78 is 4.60. The van der Waals surface area contributed by atoms with E-state index in [0.717, 1.165) is 19.4 Å². The van der Waals surface area contributed by atoms with Gasteiger partial charge in [-0.05, 0) is 37.7 Å². The van der Waals surface area contributed by atoms with E-state index < -0.39 is 16.9 Å². The fourth-order valence-electron chi connectivity index (χ4n) is 3.27. The molecule has 0 aliphatic heterocycles. The fraction of sp³-hybridized carbons (Fsp3) is 0.588. The number of pyridine rings is 1. The van der Waals surface area contributed by atoms with Crippen LogP contribution >= 0.6 is 0 Å². The minimum absolute atomic E-state index is 0.00408. The molecule has 0 unspecified atom stereocenters. The molecule has 2 aliphatic rings. The molecule has 0 amide bonds. The zero-order valence-electron chi connectivity index (χ0n) is 15.0. The molecule has 0 spiro atoms. The Morgan fingerprint density at radius 3 is 2.67 bits per heavy atom. The van der Waals surface area contributed by atoms with Crippen LogP contribution in [0.5, 0.6) is 0 Å². The van der Waals surface area contributed by atoms with Crippen molar-refractivity contribution in [1.82, 2.24) is 9.88 Å². The lowest BCUT2D eigenvalue weighted by atomic mass is 9.85. The summed E-state index contributed by atoms with van der Waals surface area (Å²) in [4.78, 5) is 39.4. The number of carboxylic acids is 1. The molecule has 0 aromatic carbocycles. The number of nitrogens with zero attached hydrogens (tertiary/aromatic N) is 3. The first-order valence-electron chi connectivity index (χ1n) is 8.83. The molecule has 3 rings (SSSR count). The number of esters is 1. The van der Waals surface area contributed by atoms with Gasteiger partial charge in [0.1, 0.15) is 0 Å². The molecule has 10 heteroatoms. The lowest BCUT2D eigenvalue weighted by Gasteiger charge is -2.42. The number of ether oxygens (including phenoxy) is 1. The van der Waals surface area contributed by atoms with Gasteiger partial charge in [0.2, 0.25) is 5.82 Å². The number of nitrogens with one attached hydrogen (secondary N) is 1. The van der Waals surface area contributed by atoms with Crippen LogP contribution in [0.15, 0.2) is 12.1 Å². The Balaban J connectivity index is 1.64. The van der Waals surface area contributed by atoms with Gasteiger partial charge in [-0.2, -0.15) is 0 Å². The monoisotopic (exact) mass is 378 g/mol. The number of anilines is 1. The molecule has 2 saturated carbocycles. The molecule has 0 radical (unpaired) electrons. The summed E-state index contributed by atoms with van der Waals surface area (Å²) in [5.41, 5.74) is -0.228. The Kier molecular flexibility index (Phi) is 5.54. The predicted octanol–water partition coefficient (Wildman–Crippen LogP) is 1.52. The van der Waals surface area contributed by atoms with Crippen molar-refractivity contribution in [3.63, 3.8) is 0 Å². The van der Waals surface area contributed by atoms with Crippen molar-refractivity contribution >= 4 is 23.4 Å². The van der Waals surface area contributed by atoms with Crippen molar-refractivity contribution in [1.29, 1.82) is 0 Å². The fourth-order valence-corrected chi connectivity index (χ4v) is 3.27. The van der Waals surface area contributed by atoms with Gasteiger partial charge in [0.25, 0.3) is 0 Å². The standard InChI is InChI=1S/C17H22N4O6/c1-27-17(24)13-4-5-14(21(25)26)16(19-13)18-11-6-12(7-11)20(9-15(22)23)8-10-2-3-10/h4-5,10-12H,2-3,6-9H2,1H3,(H,18,19)(H,22,23). The van der Waals surface area contributed by atoms with Crippen LogP contribution in [-0.2, 0) is 9.53 Å². The number of methoxy groups -OCH3 is 1. The quantitative estimate of drug-likeness (QED) is 0.372. The first-order chi connectivity index (χ1) is 12.9. The molecule has 2 fully saturated rings. The number of carbonyl (C=O) groups is 2. The van der Waals surface area contributed by atoms with Gasteiger partial charge < -0.3 is 15.2 Å². The van der Waals surface area contributed by atoms with E-state index in [1.807, 2.05) is 4.90 Å². The highest BCUT2D eigenvalue weighted by Gasteiger charge is 2.38. The summed E-state index contributed by atoms with van der Waals surface area (Å²) in [6.07, 6.45) is 3.62. The molecule has 0 saturated heterocycles. The number of carbonyl (C=O) groups excluding carboxylic acids is 1. The first-order valence-corrected chi connectivity index (χ1v) is 8.83. The van der Waals surface area contributed by atoms with Gasteiger partial charge in [-0.15, -0.1) is 0 Å². The highest BCUT2D eigenvalue weighted by atomic mass is 16.6. The molecular weight excluding hydrogens is 356 g/mol. The number of aliphatic carboxylic acids is 1. The van der Waals surface area contributed by atoms with Crippen LogP contribution in [0.1, 0.15) is 36.2 Å². The van der Waals surface area contributed by atoms with Crippen molar-refractivity contribution < 1.29 is 24.4 Å². The summed E-state index contributed by atoms with van der Waals surface area (Å²) in [6.45, 7) is 0.782. The largest absolute Gasteiger partial charge is 0.480 e. The molecule has 0 atom stereocenters. The highest BCUT2D eigenvalue weighted by molar-refractivity contribution is 5.88. The molecule has 2 N–H and O–H groups in total. The van der Waals surface area contributed by atoms with E-state index in [-0.39, 0.29) is 35.8 Å². The molecule has 2 aliphatic carbocycles. The van der Waals surface area contributed by atoms with Crippen molar-refractivity contribution in [3.05, 3.63) is 27.9 Å². The Morgan fingerprint density at radius 2 is 2.11 bits per heavy atom. The molecule has 10 nitrogen and oxygen atoms in total. The summed E-state index contributed by atoms with van der Waals surface area (Å²) in [5.74, 6) is -0.916. The predicted molar refractivity (Wildman–Crippen MR) is 94.6 cm³/mol. The van der Waals surface area contributed by atoms with Crippen molar-refractivity contribution in [2.75, 3.05) is 25.5 Å². The minimum Gasteiger partial charge on any atom is -0.480 e. The molecular formula is C17H22N4O6. The zero-order valence-corrected chi connectivity index (χ0v) is 15.0. The number of hydrogen-bond donors (Lipinski definition) is 2. The number of carboxylic acid groups (broad SMARTS) is 1. The van der Waals surface area contributed by atoms with Crippen LogP contribution in [0.4, 0.5) is 11.5 Å². The average molecular weight is 378 g/mol. The second-order valence-corrected chi connectivity index (χ2v) is 7.05. The molecule has 1 aromatic heterocycles. The lowest BCUT2D eigenvalue weighted by Crippen LogP contribution is -2.52. The van der Waals surface area contributed by atoms with Gasteiger partial charge in [-0.3, -0.25) is 19.8 Å². The molecule has 1 heterocycles. The molecule has 27 heavy (non-hydrogen) atoms. The summed E-state index contributed by atoms with van der Waals surface area (Å²) in [5, 5.41) is 23.3. The van der Waals surface area contributed by atoms with Crippen LogP contribution in [-0.4, -0.2) is 64.1 Å². The van der Waals surface area contributed by atoms with Crippen LogP contribution in [0.25, 0.3) is 0 Å². The maximum Gasteiger partial charge on any atom is 0.356 e. The summed E-state index contributed by atoms with van der Waals surface area (Å²) in [7, 11) is 1.21. The SMILES string of the molecule is COC(=O)c1ccc([N+](=O)[O-])c(NC2CC(N(CC(=O)O)CC3CC3)C2)n1. The second-order valence-electron chi connectivity index (χ2n) is 7.05. The Labute approximate surface area is 155 Å². The van der Waals surface area contributed by atoms with E-state index >= 15 is 0 Å². The van der Waals surface area contributed by atoms with E-state index in [0.29, 0.717) is 18.8 Å². The smallest absolute Gasteiger partial charge is 0.356 e. The molecule has 0 bridgehead atoms. The van der Waals surface area contributed by atoms with Gasteiger partial charge in [0, 0.05) is 24.7 Å². The maximum atomic E-state index is 11.6. The van der Waals surface area contributed by atoms with Gasteiger partial charge in [-0.25, -0.2) is 9.78 Å². The number of rotatable bonds is 9. The summed E-state index contributed by atoms with van der Waals surface area (Å²) >= 11 is 0. The van der Waals surface area contributed by atoms with Crippen LogP contribution in [0.3, 0.4) is 0 Å². The van der Waals surface area contributed by atoms with Gasteiger partial charge in [0.15, 0.2) is 5.69 Å². The third-order valence-electron chi connectivity index (χ3n) is 4.96. The van der Waals surface area contributed by atoms with E-state index in [1.54, 1.807) is 0 Å². The van der Waals surface area contributed by atoms with Crippen LogP contribution < -0.4 is 5.32 Å². The van der Waals surface area contributed by atoms with Crippen molar-refractivity contribution in [2.24, 2.45) is 5.92 Å². The third kappa shape index (κ3) is 4.70. The van der Waals surface area contributed by atoms with Crippen molar-refractivity contribution in [3.8, 4) is 0 Å². The number of hydrogen-bond acceptors (Lipinski definition) is 8. The Morgan fingerprint density at radius 1 is 1.41 bits per heavy atom. The number of aromatic nitrogens is 1. The highest BCUT2D eigenvalue weighted by Crippen LogP contribution is 2.35. The zero-order chi connectivity index (χ0) is 19.6. The second kappa shape index (κ2) is 7.87. The minimum atomic E-state index is -0.852. The Hall–Kier alpha value is -2.75. The van der Waals surface area contributed by atoms with Crippen LogP contribution in [0.2, 0.25) is 0 Å². The lowest BCUT2D eigenvalue weighted by molar-refractivity contribution is -0.384. The van der Waals surface area contributed by atoms with Gasteiger partial charge in [0.05, 0.1) is 18.6 Å². The summed E-state index contributed by atoms with van der Waals surface area (Å²) in [6, 6.07) is 2.54. The van der Waals surface area contributed by atoms with E-state index in [9.17, 15) is 19.7 Å². The topological polar surface area (TPSA) is 135 Å². The average Bonchev–Trinajstić information content (AvgIpc) is 3.39. The number of nitro groups is 1. The maximum absolute atomic E-state index is 11.6. The first kappa shape index (κ1) is 19.0. The third-order valence-corrected chi connectivity index (χ3v) is 4.96. The Bertz CT molecular complexity index is 745. The van der Waals surface area contributed by atoms with E-state index in [2.05, 4.69) is 15.0 Å². The van der Waals surface area contributed by atoms with Crippen LogP contribution in [0, 0.1) is 16.0 Å². The van der Waals surface area contributed by atoms with Gasteiger partial charge >= 0.3 is 17.6 Å². The van der Waals surface area contributed by atoms with E-state index in [1.165, 1.54) is 19.2 Å². The van der Waals surface area contributed by atoms with Crippen molar-refractivity contribution in [2.45, 2.75) is 37.8 Å². The van der Waals surface area contributed by atoms with E-state index in [4.69, 9.17) is 5.11 Å².